The van der Waals surface area contributed by atoms with Gasteiger partial charge in [-0.2, -0.15) is 4.39 Å². The van der Waals surface area contributed by atoms with Crippen molar-refractivity contribution in [3.05, 3.63) is 39.7 Å². The second-order valence-corrected chi connectivity index (χ2v) is 5.34. The van der Waals surface area contributed by atoms with Crippen LogP contribution >= 0.6 is 0 Å². The molecular weight excluding hydrogens is 261 g/mol. The zero-order valence-electron chi connectivity index (χ0n) is 11.6. The van der Waals surface area contributed by atoms with Crippen molar-refractivity contribution in [2.24, 2.45) is 5.92 Å². The Morgan fingerprint density at radius 1 is 1.55 bits per heavy atom. The number of hydrogen-bond acceptors (Lipinski definition) is 4. The van der Waals surface area contributed by atoms with Crippen LogP contribution in [0.15, 0.2) is 18.2 Å². The monoisotopic (exact) mass is 281 g/mol. The van der Waals surface area contributed by atoms with Crippen LogP contribution in [0.2, 0.25) is 0 Å². The molecule has 0 spiro atoms. The molecule has 5 nitrogen and oxygen atoms in total. The molecular formula is C14H20FN3O2. The van der Waals surface area contributed by atoms with E-state index >= 15 is 0 Å². The summed E-state index contributed by atoms with van der Waals surface area (Å²) in [5, 5.41) is 13.8. The molecule has 1 aromatic carbocycles. The van der Waals surface area contributed by atoms with Crippen LogP contribution < -0.4 is 5.32 Å². The normalized spacial score (nSPS) is 20.0. The third kappa shape index (κ3) is 3.74. The average Bonchev–Trinajstić information content (AvgIpc) is 2.39. The number of halogens is 1. The molecule has 1 atom stereocenters. The van der Waals surface area contributed by atoms with Gasteiger partial charge in [0.15, 0.2) is 0 Å². The first-order valence-corrected chi connectivity index (χ1v) is 6.90. The van der Waals surface area contributed by atoms with E-state index in [9.17, 15) is 14.5 Å². The van der Waals surface area contributed by atoms with E-state index in [1.807, 2.05) is 7.05 Å². The average molecular weight is 281 g/mol. The van der Waals surface area contributed by atoms with Gasteiger partial charge in [-0.3, -0.25) is 15.0 Å². The minimum absolute atomic E-state index is 0.458. The third-order valence-corrected chi connectivity index (χ3v) is 3.71. The molecule has 1 heterocycles. The van der Waals surface area contributed by atoms with Gasteiger partial charge in [0, 0.05) is 19.2 Å². The second kappa shape index (κ2) is 6.76. The van der Waals surface area contributed by atoms with Crippen molar-refractivity contribution < 1.29 is 9.31 Å². The highest BCUT2D eigenvalue weighted by molar-refractivity contribution is 5.34. The summed E-state index contributed by atoms with van der Waals surface area (Å²) < 4.78 is 13.6. The van der Waals surface area contributed by atoms with Crippen molar-refractivity contribution in [2.75, 3.05) is 26.7 Å². The van der Waals surface area contributed by atoms with Crippen molar-refractivity contribution >= 4 is 5.69 Å². The lowest BCUT2D eigenvalue weighted by molar-refractivity contribution is -0.387. The Bertz CT molecular complexity index is 479. The second-order valence-electron chi connectivity index (χ2n) is 5.34. The van der Waals surface area contributed by atoms with Crippen molar-refractivity contribution in [3.63, 3.8) is 0 Å². The summed E-state index contributed by atoms with van der Waals surface area (Å²) in [6.07, 6.45) is 2.35. The summed E-state index contributed by atoms with van der Waals surface area (Å²) >= 11 is 0. The summed E-state index contributed by atoms with van der Waals surface area (Å²) in [6, 6.07) is 4.17. The zero-order valence-corrected chi connectivity index (χ0v) is 11.6. The minimum Gasteiger partial charge on any atom is -0.319 e. The van der Waals surface area contributed by atoms with Crippen molar-refractivity contribution in [1.29, 1.82) is 0 Å². The zero-order chi connectivity index (χ0) is 14.5. The maximum atomic E-state index is 13.6. The molecule has 0 aliphatic carbocycles. The lowest BCUT2D eigenvalue weighted by Crippen LogP contribution is -2.38. The van der Waals surface area contributed by atoms with Crippen LogP contribution in [0.5, 0.6) is 0 Å². The minimum atomic E-state index is -0.753. The molecule has 0 radical (unpaired) electrons. The van der Waals surface area contributed by atoms with E-state index < -0.39 is 16.4 Å². The molecule has 20 heavy (non-hydrogen) atoms. The van der Waals surface area contributed by atoms with Gasteiger partial charge in [-0.15, -0.1) is 0 Å². The maximum absolute atomic E-state index is 13.6. The van der Waals surface area contributed by atoms with E-state index in [4.69, 9.17) is 0 Å². The predicted octanol–water partition coefficient (Wildman–Crippen LogP) is 2.17. The Morgan fingerprint density at radius 3 is 3.00 bits per heavy atom. The standard InChI is InChI=1S/C14H20FN3O2/c1-16-8-12-3-2-6-17(10-12)9-11-4-5-14(18(19)20)13(15)7-11/h4-5,7,12,16H,2-3,6,8-10H2,1H3. The van der Waals surface area contributed by atoms with Crippen molar-refractivity contribution in [3.8, 4) is 0 Å². The van der Waals surface area contributed by atoms with Crippen LogP contribution in [-0.4, -0.2) is 36.5 Å². The highest BCUT2D eigenvalue weighted by Crippen LogP contribution is 2.21. The summed E-state index contributed by atoms with van der Waals surface area (Å²) in [5.74, 6) is -0.132. The highest BCUT2D eigenvalue weighted by Gasteiger charge is 2.20. The van der Waals surface area contributed by atoms with Crippen molar-refractivity contribution in [1.82, 2.24) is 10.2 Å². The molecule has 1 aliphatic rings. The third-order valence-electron chi connectivity index (χ3n) is 3.71. The number of hydrogen-bond donors (Lipinski definition) is 1. The number of nitrogens with zero attached hydrogens (tertiary/aromatic N) is 2. The summed E-state index contributed by atoms with van der Waals surface area (Å²) in [5.41, 5.74) is 0.332. The smallest absolute Gasteiger partial charge is 0.304 e. The largest absolute Gasteiger partial charge is 0.319 e. The number of benzene rings is 1. The topological polar surface area (TPSA) is 58.4 Å². The number of nitro groups is 1. The number of likely N-dealkylation sites (tertiary alicyclic amines) is 1. The fourth-order valence-electron chi connectivity index (χ4n) is 2.81. The Balaban J connectivity index is 1.99. The van der Waals surface area contributed by atoms with E-state index in [0.29, 0.717) is 12.5 Å². The Labute approximate surface area is 117 Å². The van der Waals surface area contributed by atoms with Gasteiger partial charge < -0.3 is 5.32 Å². The Hall–Kier alpha value is -1.53. The molecule has 0 saturated carbocycles. The Kier molecular flexibility index (Phi) is 5.03. The van der Waals surface area contributed by atoms with E-state index in [2.05, 4.69) is 10.2 Å². The molecule has 110 valence electrons. The van der Waals surface area contributed by atoms with Gasteiger partial charge in [-0.25, -0.2) is 0 Å². The van der Waals surface area contributed by atoms with Gasteiger partial charge in [-0.05, 0) is 50.5 Å². The quantitative estimate of drug-likeness (QED) is 0.664. The molecule has 1 N–H and O–H groups in total. The SMILES string of the molecule is CNCC1CCCN(Cc2ccc([N+](=O)[O-])c(F)c2)C1. The Morgan fingerprint density at radius 2 is 2.35 bits per heavy atom. The van der Waals surface area contributed by atoms with Crippen LogP contribution in [0.4, 0.5) is 10.1 Å². The lowest BCUT2D eigenvalue weighted by Gasteiger charge is -2.32. The first kappa shape index (κ1) is 14.9. The van der Waals surface area contributed by atoms with Gasteiger partial charge in [-0.1, -0.05) is 6.07 Å². The predicted molar refractivity (Wildman–Crippen MR) is 75.0 cm³/mol. The van der Waals surface area contributed by atoms with Crippen molar-refractivity contribution in [2.45, 2.75) is 19.4 Å². The maximum Gasteiger partial charge on any atom is 0.304 e. The van der Waals surface area contributed by atoms with E-state index in [0.717, 1.165) is 31.6 Å². The molecule has 1 saturated heterocycles. The number of piperidine rings is 1. The van der Waals surface area contributed by atoms with Crippen LogP contribution in [0, 0.1) is 21.8 Å². The van der Waals surface area contributed by atoms with Crippen LogP contribution in [-0.2, 0) is 6.54 Å². The van der Waals surface area contributed by atoms with E-state index in [1.165, 1.54) is 18.6 Å². The fraction of sp³-hybridized carbons (Fsp3) is 0.571. The summed E-state index contributed by atoms with van der Waals surface area (Å²) in [7, 11) is 1.95. The van der Waals surface area contributed by atoms with Gasteiger partial charge in [0.2, 0.25) is 5.82 Å². The summed E-state index contributed by atoms with van der Waals surface area (Å²) in [6.45, 7) is 3.62. The number of nitro benzene ring substituents is 1. The lowest BCUT2D eigenvalue weighted by atomic mass is 9.97. The highest BCUT2D eigenvalue weighted by atomic mass is 19.1. The van der Waals surface area contributed by atoms with Gasteiger partial charge >= 0.3 is 5.69 Å². The first-order chi connectivity index (χ1) is 9.60. The molecule has 0 bridgehead atoms. The molecule has 2 rings (SSSR count). The van der Waals surface area contributed by atoms with Gasteiger partial charge in [0.1, 0.15) is 0 Å². The fourth-order valence-corrected chi connectivity index (χ4v) is 2.81. The van der Waals surface area contributed by atoms with Crippen LogP contribution in [0.25, 0.3) is 0 Å². The number of rotatable bonds is 5. The molecule has 0 aromatic heterocycles. The van der Waals surface area contributed by atoms with Gasteiger partial charge in [0.05, 0.1) is 4.92 Å². The summed E-state index contributed by atoms with van der Waals surface area (Å²) in [4.78, 5) is 12.2. The molecule has 1 fully saturated rings. The van der Waals surface area contributed by atoms with E-state index in [1.54, 1.807) is 6.07 Å². The molecule has 0 amide bonds. The molecule has 6 heteroatoms. The van der Waals surface area contributed by atoms with E-state index in [-0.39, 0.29) is 0 Å². The first-order valence-electron chi connectivity index (χ1n) is 6.90. The number of nitrogens with one attached hydrogen (secondary N) is 1. The van der Waals surface area contributed by atoms with Crippen LogP contribution in [0.3, 0.4) is 0 Å². The molecule has 1 aromatic rings. The molecule has 1 aliphatic heterocycles. The molecule has 1 unspecified atom stereocenters. The van der Waals surface area contributed by atoms with Crippen LogP contribution in [0.1, 0.15) is 18.4 Å². The van der Waals surface area contributed by atoms with Gasteiger partial charge in [0.25, 0.3) is 0 Å².